The van der Waals surface area contributed by atoms with Gasteiger partial charge in [-0.05, 0) is 12.1 Å². The molecule has 7 heteroatoms. The maximum atomic E-state index is 11.2. The monoisotopic (exact) mass is 264 g/mol. The number of nitrogens with two attached hydrogens (primary N) is 1. The van der Waals surface area contributed by atoms with Crippen LogP contribution in [-0.2, 0) is 0 Å². The van der Waals surface area contributed by atoms with Gasteiger partial charge in [0.15, 0.2) is 22.9 Å². The van der Waals surface area contributed by atoms with E-state index >= 15 is 0 Å². The van der Waals surface area contributed by atoms with Crippen molar-refractivity contribution >= 4 is 27.4 Å². The zero-order valence-corrected chi connectivity index (χ0v) is 10.1. The van der Waals surface area contributed by atoms with Crippen molar-refractivity contribution in [3.8, 4) is 17.1 Å². The highest BCUT2D eigenvalue weighted by Gasteiger charge is 2.14. The first-order chi connectivity index (χ1) is 8.67. The number of aromatic nitrogens is 1. The quantitative estimate of drug-likeness (QED) is 0.762. The molecule has 1 aromatic carbocycles. The van der Waals surface area contributed by atoms with Gasteiger partial charge in [-0.1, -0.05) is 16.5 Å². The number of fused-ring (bicyclic) bond motifs is 1. The molecule has 0 spiro atoms. The predicted molar refractivity (Wildman–Crippen MR) is 66.8 cm³/mol. The Morgan fingerprint density at radius 1 is 1.39 bits per heavy atom. The highest BCUT2D eigenvalue weighted by Crippen LogP contribution is 2.34. The fourth-order valence-corrected chi connectivity index (χ4v) is 2.39. The summed E-state index contributed by atoms with van der Waals surface area (Å²) in [5.41, 5.74) is 6.66. The topological polar surface area (TPSA) is 91.5 Å². The van der Waals surface area contributed by atoms with Crippen molar-refractivity contribution in [2.24, 2.45) is 0 Å². The molecular weight excluding hydrogens is 256 g/mol. The first-order valence-electron chi connectivity index (χ1n) is 5.01. The Bertz CT molecular complexity index is 771. The van der Waals surface area contributed by atoms with Gasteiger partial charge in [0.2, 0.25) is 0 Å². The second-order valence-corrected chi connectivity index (χ2v) is 4.55. The van der Waals surface area contributed by atoms with Crippen LogP contribution in [0.25, 0.3) is 21.6 Å². The molecule has 0 aliphatic carbocycles. The van der Waals surface area contributed by atoms with Gasteiger partial charge in [0, 0.05) is 11.6 Å². The molecule has 0 saturated carbocycles. The molecule has 0 radical (unpaired) electrons. The first kappa shape index (κ1) is 10.8. The number of ether oxygens (including phenoxy) is 1. The standard InChI is InChI=1S/C11H8N2O4S/c1-15-7-2-5(6-4-9(12)13-17-6)3-8-10(7)16-11(14)18-8/h2-4H,1H3,(H2,12,13). The van der Waals surface area contributed by atoms with Gasteiger partial charge >= 0.3 is 4.94 Å². The Balaban J connectivity index is 2.27. The highest BCUT2D eigenvalue weighted by molar-refractivity contribution is 7.16. The summed E-state index contributed by atoms with van der Waals surface area (Å²) < 4.78 is 16.0. The molecule has 3 rings (SSSR count). The van der Waals surface area contributed by atoms with Crippen molar-refractivity contribution in [1.29, 1.82) is 0 Å². The summed E-state index contributed by atoms with van der Waals surface area (Å²) in [5.74, 6) is 1.27. The summed E-state index contributed by atoms with van der Waals surface area (Å²) in [6.07, 6.45) is 0. The number of nitrogens with zero attached hydrogens (tertiary/aromatic N) is 1. The smallest absolute Gasteiger partial charge is 0.396 e. The lowest BCUT2D eigenvalue weighted by molar-refractivity contribution is 0.408. The van der Waals surface area contributed by atoms with Gasteiger partial charge in [-0.3, -0.25) is 0 Å². The first-order valence-corrected chi connectivity index (χ1v) is 5.83. The lowest BCUT2D eigenvalue weighted by Crippen LogP contribution is -1.85. The van der Waals surface area contributed by atoms with Crippen molar-refractivity contribution in [2.45, 2.75) is 0 Å². The summed E-state index contributed by atoms with van der Waals surface area (Å²) in [7, 11) is 1.50. The highest BCUT2D eigenvalue weighted by atomic mass is 32.1. The van der Waals surface area contributed by atoms with Gasteiger partial charge in [0.25, 0.3) is 0 Å². The van der Waals surface area contributed by atoms with Crippen LogP contribution in [0.5, 0.6) is 5.75 Å². The Kier molecular flexibility index (Phi) is 2.34. The summed E-state index contributed by atoms with van der Waals surface area (Å²) >= 11 is 1.00. The van der Waals surface area contributed by atoms with Gasteiger partial charge in [-0.2, -0.15) is 0 Å². The fourth-order valence-electron chi connectivity index (χ4n) is 1.67. The number of rotatable bonds is 2. The molecule has 3 aromatic rings. The molecule has 0 aliphatic heterocycles. The average molecular weight is 264 g/mol. The van der Waals surface area contributed by atoms with Crippen LogP contribution in [0.3, 0.4) is 0 Å². The summed E-state index contributed by atoms with van der Waals surface area (Å²) in [5, 5.41) is 3.61. The van der Waals surface area contributed by atoms with Crippen LogP contribution in [0, 0.1) is 0 Å². The van der Waals surface area contributed by atoms with Crippen LogP contribution in [0.4, 0.5) is 5.82 Å². The minimum Gasteiger partial charge on any atom is -0.493 e. The van der Waals surface area contributed by atoms with E-state index in [1.54, 1.807) is 18.2 Å². The Morgan fingerprint density at radius 3 is 2.89 bits per heavy atom. The maximum absolute atomic E-state index is 11.2. The van der Waals surface area contributed by atoms with Gasteiger partial charge in [0.05, 0.1) is 11.8 Å². The van der Waals surface area contributed by atoms with Crippen LogP contribution >= 0.6 is 11.3 Å². The largest absolute Gasteiger partial charge is 0.493 e. The second kappa shape index (κ2) is 3.88. The van der Waals surface area contributed by atoms with E-state index in [9.17, 15) is 4.79 Å². The van der Waals surface area contributed by atoms with Gasteiger partial charge in [-0.15, -0.1) is 0 Å². The average Bonchev–Trinajstić information content (AvgIpc) is 2.92. The zero-order valence-electron chi connectivity index (χ0n) is 9.30. The summed E-state index contributed by atoms with van der Waals surface area (Å²) in [6.45, 7) is 0. The number of nitrogen functional groups attached to an aromatic ring is 1. The van der Waals surface area contributed by atoms with Crippen molar-refractivity contribution < 1.29 is 13.7 Å². The molecule has 92 valence electrons. The van der Waals surface area contributed by atoms with Crippen LogP contribution in [0.1, 0.15) is 0 Å². The third-order valence-electron chi connectivity index (χ3n) is 2.43. The third-order valence-corrected chi connectivity index (χ3v) is 3.21. The molecule has 6 nitrogen and oxygen atoms in total. The van der Waals surface area contributed by atoms with Gasteiger partial charge in [-0.25, -0.2) is 4.79 Å². The summed E-state index contributed by atoms with van der Waals surface area (Å²) in [6, 6.07) is 5.08. The molecule has 0 aliphatic rings. The minimum absolute atomic E-state index is 0.296. The maximum Gasteiger partial charge on any atom is 0.396 e. The van der Waals surface area contributed by atoms with Crippen molar-refractivity contribution in [3.05, 3.63) is 27.9 Å². The van der Waals surface area contributed by atoms with Crippen LogP contribution in [-0.4, -0.2) is 12.3 Å². The lowest BCUT2D eigenvalue weighted by Gasteiger charge is -2.02. The molecule has 0 bridgehead atoms. The number of hydrogen-bond donors (Lipinski definition) is 1. The molecule has 2 heterocycles. The SMILES string of the molecule is COc1cc(-c2cc(N)no2)cc2sc(=O)oc12. The Labute approximate surface area is 105 Å². The lowest BCUT2D eigenvalue weighted by atomic mass is 10.1. The summed E-state index contributed by atoms with van der Waals surface area (Å²) in [4.78, 5) is 10.9. The number of methoxy groups -OCH3 is 1. The van der Waals surface area contributed by atoms with Gasteiger partial charge in [0.1, 0.15) is 0 Å². The number of anilines is 1. The fraction of sp³-hybridized carbons (Fsp3) is 0.0909. The normalized spacial score (nSPS) is 10.9. The van der Waals surface area contributed by atoms with E-state index in [1.807, 2.05) is 0 Å². The molecule has 0 amide bonds. The molecule has 0 unspecified atom stereocenters. The van der Waals surface area contributed by atoms with E-state index in [2.05, 4.69) is 5.16 Å². The third kappa shape index (κ3) is 1.65. The van der Waals surface area contributed by atoms with E-state index in [0.717, 1.165) is 16.9 Å². The van der Waals surface area contributed by atoms with E-state index in [0.29, 0.717) is 27.6 Å². The van der Waals surface area contributed by atoms with Crippen molar-refractivity contribution in [3.63, 3.8) is 0 Å². The van der Waals surface area contributed by atoms with E-state index in [1.165, 1.54) is 7.11 Å². The van der Waals surface area contributed by atoms with Crippen LogP contribution in [0.15, 0.2) is 31.9 Å². The van der Waals surface area contributed by atoms with E-state index in [4.69, 9.17) is 19.4 Å². The van der Waals surface area contributed by atoms with Crippen molar-refractivity contribution in [1.82, 2.24) is 5.16 Å². The Hall–Kier alpha value is -2.28. The molecular formula is C11H8N2O4S. The van der Waals surface area contributed by atoms with Crippen LogP contribution in [0.2, 0.25) is 0 Å². The number of benzene rings is 1. The Morgan fingerprint density at radius 2 is 2.22 bits per heavy atom. The minimum atomic E-state index is -0.377. The van der Waals surface area contributed by atoms with Gasteiger partial charge < -0.3 is 19.4 Å². The molecule has 18 heavy (non-hydrogen) atoms. The molecule has 0 saturated heterocycles. The van der Waals surface area contributed by atoms with Crippen molar-refractivity contribution in [2.75, 3.05) is 12.8 Å². The molecule has 0 atom stereocenters. The second-order valence-electron chi connectivity index (χ2n) is 3.58. The number of hydrogen-bond acceptors (Lipinski definition) is 7. The predicted octanol–water partition coefficient (Wildman–Crippen LogP) is 2.10. The molecule has 0 fully saturated rings. The van der Waals surface area contributed by atoms with E-state index < -0.39 is 0 Å². The van der Waals surface area contributed by atoms with Crippen LogP contribution < -0.4 is 15.4 Å². The molecule has 2 aromatic heterocycles. The van der Waals surface area contributed by atoms with E-state index in [-0.39, 0.29) is 4.94 Å². The molecule has 2 N–H and O–H groups in total. The zero-order chi connectivity index (χ0) is 12.7.